The first kappa shape index (κ1) is 26.4. The van der Waals surface area contributed by atoms with Crippen LogP contribution < -0.4 is 14.4 Å². The molecule has 0 atom stereocenters. The van der Waals surface area contributed by atoms with Crippen LogP contribution in [0.4, 0.5) is 17.1 Å². The molecule has 1 aromatic heterocycles. The van der Waals surface area contributed by atoms with Crippen molar-refractivity contribution < 1.29 is 9.47 Å². The van der Waals surface area contributed by atoms with Gasteiger partial charge in [-0.05, 0) is 76.7 Å². The van der Waals surface area contributed by atoms with Crippen LogP contribution >= 0.6 is 0 Å². The summed E-state index contributed by atoms with van der Waals surface area (Å²) in [5, 5.41) is 4.89. The van der Waals surface area contributed by atoms with Gasteiger partial charge in [0.05, 0.1) is 36.6 Å². The molecule has 46 heavy (non-hydrogen) atoms. The van der Waals surface area contributed by atoms with Gasteiger partial charge in [-0.15, -0.1) is 0 Å². The van der Waals surface area contributed by atoms with Gasteiger partial charge in [0.15, 0.2) is 0 Å². The number of aromatic nitrogens is 1. The summed E-state index contributed by atoms with van der Waals surface area (Å²) >= 11 is 0. The van der Waals surface area contributed by atoms with Crippen LogP contribution in [0.25, 0.3) is 60.5 Å². The number of hydrogen-bond donors (Lipinski definition) is 0. The van der Waals surface area contributed by atoms with Gasteiger partial charge in [-0.3, -0.25) is 0 Å². The Kier molecular flexibility index (Phi) is 5.90. The molecule has 0 saturated carbocycles. The lowest BCUT2D eigenvalue weighted by Crippen LogP contribution is -2.15. The molecule has 0 spiro atoms. The molecule has 0 aliphatic carbocycles. The topological polar surface area (TPSA) is 26.6 Å². The van der Waals surface area contributed by atoms with E-state index in [1.165, 1.54) is 43.8 Å². The molecule has 0 bridgehead atoms. The molecular weight excluding hydrogens is 564 g/mol. The van der Waals surface area contributed by atoms with Gasteiger partial charge >= 0.3 is 0 Å². The molecule has 0 fully saturated rings. The van der Waals surface area contributed by atoms with Crippen molar-refractivity contribution in [3.8, 4) is 39.4 Å². The van der Waals surface area contributed by atoms with E-state index in [9.17, 15) is 0 Å². The lowest BCUT2D eigenvalue weighted by Gasteiger charge is -2.34. The van der Waals surface area contributed by atoms with E-state index in [1.807, 2.05) is 12.1 Å². The van der Waals surface area contributed by atoms with E-state index >= 15 is 0 Å². The number of rotatable bonds is 5. The molecule has 220 valence electrons. The summed E-state index contributed by atoms with van der Waals surface area (Å²) in [7, 11) is 3.44. The molecule has 9 rings (SSSR count). The normalized spacial score (nSPS) is 12.1. The van der Waals surface area contributed by atoms with Gasteiger partial charge in [0.1, 0.15) is 11.5 Å². The Morgan fingerprint density at radius 3 is 1.93 bits per heavy atom. The summed E-state index contributed by atoms with van der Waals surface area (Å²) in [6.07, 6.45) is 0. The molecule has 4 heteroatoms. The number of fused-ring (bicyclic) bond motifs is 5. The zero-order valence-electron chi connectivity index (χ0n) is 25.6. The van der Waals surface area contributed by atoms with Gasteiger partial charge in [0.25, 0.3) is 0 Å². The predicted octanol–water partition coefficient (Wildman–Crippen LogP) is 11.1. The Morgan fingerprint density at radius 1 is 0.457 bits per heavy atom. The van der Waals surface area contributed by atoms with E-state index in [2.05, 4.69) is 143 Å². The minimum Gasteiger partial charge on any atom is -0.497 e. The molecule has 0 amide bonds. The Morgan fingerprint density at radius 2 is 1.15 bits per heavy atom. The molecule has 1 aliphatic heterocycles. The number of nitrogens with zero attached hydrogens (tertiary/aromatic N) is 2. The molecule has 4 nitrogen and oxygen atoms in total. The average molecular weight is 595 g/mol. The summed E-state index contributed by atoms with van der Waals surface area (Å²) in [6, 6.07) is 52.1. The van der Waals surface area contributed by atoms with Crippen molar-refractivity contribution in [2.45, 2.75) is 0 Å². The van der Waals surface area contributed by atoms with Gasteiger partial charge in [-0.2, -0.15) is 0 Å². The fourth-order valence-corrected chi connectivity index (χ4v) is 7.18. The van der Waals surface area contributed by atoms with E-state index in [0.717, 1.165) is 45.3 Å². The number of methoxy groups -OCH3 is 2. The molecule has 8 aromatic rings. The monoisotopic (exact) mass is 594 g/mol. The molecule has 0 N–H and O–H groups in total. The van der Waals surface area contributed by atoms with Crippen LogP contribution in [0.2, 0.25) is 0 Å². The molecule has 7 aromatic carbocycles. The maximum atomic E-state index is 5.69. The third-order valence-electron chi connectivity index (χ3n) is 9.27. The van der Waals surface area contributed by atoms with Crippen LogP contribution in [0.3, 0.4) is 0 Å². The van der Waals surface area contributed by atoms with Gasteiger partial charge in [-0.1, -0.05) is 78.9 Å². The van der Waals surface area contributed by atoms with Gasteiger partial charge in [0, 0.05) is 45.2 Å². The first-order valence-electron chi connectivity index (χ1n) is 15.5. The quantitative estimate of drug-likeness (QED) is 0.198. The highest BCUT2D eigenvalue weighted by molar-refractivity contribution is 6.19. The van der Waals surface area contributed by atoms with Gasteiger partial charge in [0.2, 0.25) is 0 Å². The summed E-state index contributed by atoms with van der Waals surface area (Å²) in [5.74, 6) is 1.65. The zero-order valence-corrected chi connectivity index (χ0v) is 25.6. The lowest BCUT2D eigenvalue weighted by atomic mass is 9.89. The third-order valence-corrected chi connectivity index (χ3v) is 9.27. The first-order valence-corrected chi connectivity index (χ1v) is 15.5. The van der Waals surface area contributed by atoms with Crippen molar-refractivity contribution in [3.63, 3.8) is 0 Å². The van der Waals surface area contributed by atoms with Crippen molar-refractivity contribution >= 4 is 49.6 Å². The highest BCUT2D eigenvalue weighted by Gasteiger charge is 2.28. The molecular formula is C42H30N2O2. The van der Waals surface area contributed by atoms with Crippen LogP contribution in [0.1, 0.15) is 0 Å². The van der Waals surface area contributed by atoms with Gasteiger partial charge < -0.3 is 18.9 Å². The molecule has 2 heterocycles. The maximum Gasteiger partial charge on any atom is 0.120 e. The third kappa shape index (κ3) is 3.93. The van der Waals surface area contributed by atoms with Crippen LogP contribution in [0, 0.1) is 0 Å². The molecule has 0 radical (unpaired) electrons. The Balaban J connectivity index is 1.42. The lowest BCUT2D eigenvalue weighted by molar-refractivity contribution is 0.414. The predicted molar refractivity (Wildman–Crippen MR) is 191 cm³/mol. The SMILES string of the molecule is COc1cccc(N2c3cc4c(cc3-c3cccc5cccc2c35)c2cc(-c3ccccc3)ccc2n4-c2cccc(OC)c2)c1. The smallest absolute Gasteiger partial charge is 0.120 e. The zero-order chi connectivity index (χ0) is 30.8. The second-order valence-electron chi connectivity index (χ2n) is 11.7. The first-order chi connectivity index (χ1) is 22.7. The van der Waals surface area contributed by atoms with Crippen molar-refractivity contribution in [2.75, 3.05) is 19.1 Å². The standard InChI is InChI=1S/C42H30N2O2/c1-45-32-16-8-14-30(23-32)43-38-21-20-29(27-10-4-3-5-11-27)22-35(38)37-25-36-34-18-6-12-28-13-7-19-39(42(28)34)44(40(36)26-41(37)43)31-15-9-17-33(24-31)46-2/h3-26H,1-2H3. The molecule has 0 unspecified atom stereocenters. The highest BCUT2D eigenvalue weighted by Crippen LogP contribution is 2.53. The summed E-state index contributed by atoms with van der Waals surface area (Å²) in [4.78, 5) is 2.38. The molecule has 0 saturated heterocycles. The number of benzene rings is 7. The van der Waals surface area contributed by atoms with E-state index in [-0.39, 0.29) is 0 Å². The summed E-state index contributed by atoms with van der Waals surface area (Å²) < 4.78 is 13.7. The number of hydrogen-bond acceptors (Lipinski definition) is 3. The largest absolute Gasteiger partial charge is 0.497 e. The fraction of sp³-hybridized carbons (Fsp3) is 0.0476. The van der Waals surface area contributed by atoms with Crippen LogP contribution in [0.15, 0.2) is 146 Å². The van der Waals surface area contributed by atoms with Crippen molar-refractivity contribution in [1.82, 2.24) is 4.57 Å². The fourth-order valence-electron chi connectivity index (χ4n) is 7.18. The van der Waals surface area contributed by atoms with Crippen molar-refractivity contribution in [3.05, 3.63) is 146 Å². The van der Waals surface area contributed by atoms with E-state index in [0.29, 0.717) is 0 Å². The maximum absolute atomic E-state index is 5.69. The Labute approximate surface area is 267 Å². The van der Waals surface area contributed by atoms with Crippen molar-refractivity contribution in [2.24, 2.45) is 0 Å². The van der Waals surface area contributed by atoms with Crippen molar-refractivity contribution in [1.29, 1.82) is 0 Å². The van der Waals surface area contributed by atoms with E-state index in [4.69, 9.17) is 9.47 Å². The van der Waals surface area contributed by atoms with Crippen LogP contribution in [-0.4, -0.2) is 18.8 Å². The highest BCUT2D eigenvalue weighted by atomic mass is 16.5. The van der Waals surface area contributed by atoms with Gasteiger partial charge in [-0.25, -0.2) is 0 Å². The number of ether oxygens (including phenoxy) is 2. The number of anilines is 3. The summed E-state index contributed by atoms with van der Waals surface area (Å²) in [5.41, 5.74) is 11.5. The van der Waals surface area contributed by atoms with E-state index < -0.39 is 0 Å². The van der Waals surface area contributed by atoms with E-state index in [1.54, 1.807) is 14.2 Å². The van der Waals surface area contributed by atoms with Crippen LogP contribution in [0.5, 0.6) is 11.5 Å². The minimum atomic E-state index is 0.824. The second-order valence-corrected chi connectivity index (χ2v) is 11.7. The Bertz CT molecular complexity index is 2450. The second kappa shape index (κ2) is 10.3. The Hall–Kier alpha value is -6.00. The van der Waals surface area contributed by atoms with Crippen LogP contribution in [-0.2, 0) is 0 Å². The minimum absolute atomic E-state index is 0.824. The summed E-state index contributed by atoms with van der Waals surface area (Å²) in [6.45, 7) is 0. The average Bonchev–Trinajstić information content (AvgIpc) is 3.44. The molecule has 1 aliphatic rings.